The average molecular weight is 736 g/mol. The number of hydrogen-bond acceptors (Lipinski definition) is 4. The van der Waals surface area contributed by atoms with Crippen molar-refractivity contribution in [3.8, 4) is 0 Å². The Morgan fingerprint density at radius 1 is 0.605 bits per heavy atom. The molecule has 43 heavy (non-hydrogen) atoms. The summed E-state index contributed by atoms with van der Waals surface area (Å²) in [6, 6.07) is 15.3. The third-order valence-electron chi connectivity index (χ3n) is 9.03. The Morgan fingerprint density at radius 2 is 1.02 bits per heavy atom. The van der Waals surface area contributed by atoms with Crippen LogP contribution >= 0.6 is 8.95 Å². The first-order valence-corrected chi connectivity index (χ1v) is 28.7. The van der Waals surface area contributed by atoms with Crippen molar-refractivity contribution in [2.24, 2.45) is 0 Å². The molecule has 4 nitrogen and oxygen atoms in total. The van der Waals surface area contributed by atoms with E-state index in [0.717, 1.165) is 32.3 Å². The van der Waals surface area contributed by atoms with Gasteiger partial charge in [0.25, 0.3) is 0 Å². The van der Waals surface area contributed by atoms with Gasteiger partial charge < -0.3 is 0 Å². The molecule has 0 amide bonds. The number of hydrogen-bond donors (Lipinski definition) is 1. The second kappa shape index (κ2) is 20.3. The van der Waals surface area contributed by atoms with E-state index in [1.165, 1.54) is 116 Å². The number of rotatable bonds is 24. The maximum atomic E-state index is 14.5. The molecule has 0 radical (unpaired) electrons. The van der Waals surface area contributed by atoms with Gasteiger partial charge in [-0.15, -0.1) is 0 Å². The molecular formula is C36H60N2O2S2Sn. The molecule has 0 saturated carbocycles. The van der Waals surface area contributed by atoms with Crippen molar-refractivity contribution in [1.29, 1.82) is 0 Å². The molecule has 0 unspecified atom stereocenters. The van der Waals surface area contributed by atoms with Crippen LogP contribution in [0.4, 0.5) is 11.4 Å². The van der Waals surface area contributed by atoms with Gasteiger partial charge in [-0.1, -0.05) is 0 Å². The Kier molecular flexibility index (Phi) is 17.3. The van der Waals surface area contributed by atoms with Crippen LogP contribution in [0.5, 0.6) is 0 Å². The van der Waals surface area contributed by atoms with E-state index in [9.17, 15) is 8.42 Å². The van der Waals surface area contributed by atoms with E-state index in [-0.39, 0.29) is 4.90 Å². The Hall–Kier alpha value is -0.861. The zero-order chi connectivity index (χ0) is 30.8. The van der Waals surface area contributed by atoms with Crippen molar-refractivity contribution >= 4 is 47.6 Å². The molecule has 0 spiro atoms. The van der Waals surface area contributed by atoms with Crippen molar-refractivity contribution in [2.75, 3.05) is 8.26 Å². The Bertz CT molecular complexity index is 1130. The first-order chi connectivity index (χ1) is 21.0. The topological polar surface area (TPSA) is 63.4 Å². The number of nitrogens with two attached hydrogens (primary N) is 1. The van der Waals surface area contributed by atoms with Gasteiger partial charge in [-0.3, -0.25) is 0 Å². The van der Waals surface area contributed by atoms with E-state index in [2.05, 4.69) is 26.0 Å². The second-order valence-electron chi connectivity index (χ2n) is 12.7. The fraction of sp³-hybridized carbons (Fsp3) is 0.667. The van der Waals surface area contributed by atoms with Gasteiger partial charge in [0.15, 0.2) is 0 Å². The molecule has 0 atom stereocenters. The standard InChI is InChI=1S/C12H11N2O2S2.2C12H25.Sn/c13-9-5-1-4-8-12(9)18(15,16)14-10-6-2-3-7-11(10)17;2*1-3-5-7-9-11-12-10-8-6-4-2;/h1-8,17H,13H2;2*1,3-12H2,2H3;/q-1;;;+2/p-1. The van der Waals surface area contributed by atoms with Crippen LogP contribution in [0.25, 0.3) is 0 Å². The van der Waals surface area contributed by atoms with Crippen molar-refractivity contribution in [2.45, 2.75) is 161 Å². The quantitative estimate of drug-likeness (QED) is 0.0662. The molecule has 7 heteroatoms. The van der Waals surface area contributed by atoms with E-state index in [0.29, 0.717) is 5.69 Å². The van der Waals surface area contributed by atoms with Gasteiger partial charge in [-0.05, 0) is 0 Å². The molecule has 1 heterocycles. The molecule has 0 aromatic heterocycles. The predicted molar refractivity (Wildman–Crippen MR) is 192 cm³/mol. The molecular weight excluding hydrogens is 675 g/mol. The van der Waals surface area contributed by atoms with Crippen molar-refractivity contribution in [1.82, 2.24) is 0 Å². The Morgan fingerprint density at radius 3 is 1.51 bits per heavy atom. The van der Waals surface area contributed by atoms with Crippen molar-refractivity contribution in [3.63, 3.8) is 0 Å². The minimum absolute atomic E-state index is 0.277. The Balaban J connectivity index is 1.68. The van der Waals surface area contributed by atoms with E-state index >= 15 is 0 Å². The summed E-state index contributed by atoms with van der Waals surface area (Å²) in [5, 5.41) is 0. The number of para-hydroxylation sites is 2. The van der Waals surface area contributed by atoms with Gasteiger partial charge in [0.05, 0.1) is 0 Å². The van der Waals surface area contributed by atoms with E-state index < -0.39 is 27.3 Å². The number of nitrogens with zero attached hydrogens (tertiary/aromatic N) is 1. The SMILES string of the molecule is CCCCCCCCCCC[CH2][Sn]1([CH2]CCCCCCCCCCC)[S]c2ccccc2[N]1S(=O)(=O)c1ccccc1N. The molecule has 0 aliphatic carbocycles. The molecule has 242 valence electrons. The summed E-state index contributed by atoms with van der Waals surface area (Å²) in [5.74, 6) is 0. The van der Waals surface area contributed by atoms with Crippen LogP contribution in [0.3, 0.4) is 0 Å². The molecule has 0 saturated heterocycles. The van der Waals surface area contributed by atoms with Crippen molar-refractivity contribution in [3.05, 3.63) is 48.5 Å². The minimum atomic E-state index is -3.73. The number of unbranched alkanes of at least 4 members (excludes halogenated alkanes) is 18. The molecule has 2 aromatic carbocycles. The van der Waals surface area contributed by atoms with Crippen LogP contribution < -0.4 is 8.26 Å². The van der Waals surface area contributed by atoms with E-state index in [1.807, 2.05) is 29.7 Å². The molecule has 0 bridgehead atoms. The number of anilines is 2. The van der Waals surface area contributed by atoms with Crippen LogP contribution in [-0.4, -0.2) is 25.7 Å². The molecule has 0 fully saturated rings. The first-order valence-electron chi connectivity index (χ1n) is 17.6. The normalized spacial score (nSPS) is 14.3. The fourth-order valence-corrected chi connectivity index (χ4v) is 36.5. The van der Waals surface area contributed by atoms with Gasteiger partial charge in [0.1, 0.15) is 0 Å². The van der Waals surface area contributed by atoms with Gasteiger partial charge in [-0.2, -0.15) is 0 Å². The number of fused-ring (bicyclic) bond motifs is 1. The van der Waals surface area contributed by atoms with Gasteiger partial charge in [-0.25, -0.2) is 0 Å². The molecule has 1 aliphatic rings. The summed E-state index contributed by atoms with van der Waals surface area (Å²) in [6.07, 6.45) is 26.1. The van der Waals surface area contributed by atoms with Gasteiger partial charge in [0.2, 0.25) is 0 Å². The summed E-state index contributed by atoms with van der Waals surface area (Å²) in [4.78, 5) is 1.44. The Labute approximate surface area is 272 Å². The van der Waals surface area contributed by atoms with Crippen LogP contribution in [0, 0.1) is 0 Å². The third kappa shape index (κ3) is 11.5. The average Bonchev–Trinajstić information content (AvgIpc) is 3.34. The predicted octanol–water partition coefficient (Wildman–Crippen LogP) is 11.9. The van der Waals surface area contributed by atoms with Crippen LogP contribution in [0.15, 0.2) is 58.3 Å². The monoisotopic (exact) mass is 736 g/mol. The van der Waals surface area contributed by atoms with Gasteiger partial charge in [0, 0.05) is 0 Å². The molecule has 3 rings (SSSR count). The van der Waals surface area contributed by atoms with E-state index in [4.69, 9.17) is 5.73 Å². The van der Waals surface area contributed by atoms with E-state index in [1.54, 1.807) is 18.2 Å². The summed E-state index contributed by atoms with van der Waals surface area (Å²) in [7, 11) is -1.74. The molecule has 2 aromatic rings. The molecule has 1 aliphatic heterocycles. The fourth-order valence-electron chi connectivity index (χ4n) is 6.55. The number of nitrogen functional groups attached to an aromatic ring is 1. The summed E-state index contributed by atoms with van der Waals surface area (Å²) >= 11 is -3.49. The summed E-state index contributed by atoms with van der Waals surface area (Å²) < 4.78 is 33.1. The van der Waals surface area contributed by atoms with Crippen molar-refractivity contribution < 1.29 is 8.42 Å². The maximum absolute atomic E-state index is 14.5. The molecule has 2 N–H and O–H groups in total. The second-order valence-corrected chi connectivity index (χ2v) is 32.4. The van der Waals surface area contributed by atoms with Crippen LogP contribution in [0.2, 0.25) is 8.87 Å². The summed E-state index contributed by atoms with van der Waals surface area (Å²) in [5.41, 5.74) is 7.57. The third-order valence-corrected chi connectivity index (χ3v) is 35.1. The zero-order valence-corrected chi connectivity index (χ0v) is 31.8. The summed E-state index contributed by atoms with van der Waals surface area (Å²) in [6.45, 7) is 4.55. The van der Waals surface area contributed by atoms with Crippen LogP contribution in [-0.2, 0) is 10.0 Å². The first kappa shape index (κ1) is 36.6. The van der Waals surface area contributed by atoms with Crippen LogP contribution in [0.1, 0.15) is 142 Å². The number of sulfonamides is 1. The van der Waals surface area contributed by atoms with Gasteiger partial charge >= 0.3 is 274 Å². The zero-order valence-electron chi connectivity index (χ0n) is 27.3. The number of benzene rings is 2.